The molecule has 0 unspecified atom stereocenters. The number of rotatable bonds is 4. The van der Waals surface area contributed by atoms with Crippen LogP contribution in [0.5, 0.6) is 5.75 Å². The van der Waals surface area contributed by atoms with Gasteiger partial charge in [0.25, 0.3) is 5.69 Å². The van der Waals surface area contributed by atoms with Crippen LogP contribution in [0.4, 0.5) is 5.69 Å². The summed E-state index contributed by atoms with van der Waals surface area (Å²) >= 11 is 0. The molecule has 0 heterocycles. The van der Waals surface area contributed by atoms with Crippen molar-refractivity contribution in [3.63, 3.8) is 0 Å². The molecule has 24 heavy (non-hydrogen) atoms. The van der Waals surface area contributed by atoms with Crippen LogP contribution in [0.25, 0.3) is 16.8 Å². The minimum Gasteiger partial charge on any atom is -0.507 e. The molecule has 3 aromatic rings. The van der Waals surface area contributed by atoms with Crippen molar-refractivity contribution in [2.24, 2.45) is 0 Å². The Kier molecular flexibility index (Phi) is 4.07. The van der Waals surface area contributed by atoms with Crippen LogP contribution >= 0.6 is 0 Å². The number of carbonyl (C=O) groups excluding carboxylic acids is 1. The smallest absolute Gasteiger partial charge is 0.270 e. The number of hydrogen-bond acceptors (Lipinski definition) is 4. The molecule has 0 saturated heterocycles. The number of hydrogen-bond donors (Lipinski definition) is 1. The Morgan fingerprint density at radius 2 is 1.83 bits per heavy atom. The van der Waals surface area contributed by atoms with Crippen LogP contribution in [-0.2, 0) is 0 Å². The molecular formula is C19H13NO4. The van der Waals surface area contributed by atoms with Gasteiger partial charge in [-0.2, -0.15) is 0 Å². The van der Waals surface area contributed by atoms with E-state index >= 15 is 0 Å². The van der Waals surface area contributed by atoms with Gasteiger partial charge in [0.05, 0.1) is 10.5 Å². The number of non-ortho nitro benzene ring substituents is 1. The largest absolute Gasteiger partial charge is 0.507 e. The predicted octanol–water partition coefficient (Wildman–Crippen LogP) is 4.35. The number of phenolic OH excluding ortho intramolecular Hbond substituents is 1. The highest BCUT2D eigenvalue weighted by Gasteiger charge is 2.11. The zero-order valence-corrected chi connectivity index (χ0v) is 12.5. The lowest BCUT2D eigenvalue weighted by Gasteiger charge is -2.05. The van der Waals surface area contributed by atoms with Crippen molar-refractivity contribution in [1.82, 2.24) is 0 Å². The van der Waals surface area contributed by atoms with E-state index < -0.39 is 4.92 Å². The molecule has 0 aliphatic rings. The van der Waals surface area contributed by atoms with Gasteiger partial charge in [-0.3, -0.25) is 14.9 Å². The number of nitrogens with zero attached hydrogens (tertiary/aromatic N) is 1. The summed E-state index contributed by atoms with van der Waals surface area (Å²) in [4.78, 5) is 22.6. The van der Waals surface area contributed by atoms with Gasteiger partial charge < -0.3 is 5.11 Å². The van der Waals surface area contributed by atoms with Crippen LogP contribution in [0, 0.1) is 10.1 Å². The van der Waals surface area contributed by atoms with Gasteiger partial charge in [-0.15, -0.1) is 0 Å². The molecule has 0 fully saturated rings. The van der Waals surface area contributed by atoms with Gasteiger partial charge in [0.1, 0.15) is 5.75 Å². The second-order valence-electron chi connectivity index (χ2n) is 5.23. The highest BCUT2D eigenvalue weighted by atomic mass is 16.6. The van der Waals surface area contributed by atoms with Crippen molar-refractivity contribution in [3.05, 3.63) is 88.0 Å². The quantitative estimate of drug-likeness (QED) is 0.335. The third-order valence-electron chi connectivity index (χ3n) is 3.67. The molecule has 5 heteroatoms. The van der Waals surface area contributed by atoms with Crippen LogP contribution in [-0.4, -0.2) is 15.8 Å². The number of fused-ring (bicyclic) bond motifs is 1. The standard InChI is InChI=1S/C19H13NO4/c21-18(11-8-13-4-3-6-15(12-13)20(23)24)17-10-9-14-5-1-2-7-16(14)19(17)22/h1-12,22H. The van der Waals surface area contributed by atoms with Crippen molar-refractivity contribution in [2.45, 2.75) is 0 Å². The van der Waals surface area contributed by atoms with Gasteiger partial charge in [0.2, 0.25) is 0 Å². The van der Waals surface area contributed by atoms with E-state index in [1.54, 1.807) is 36.4 Å². The van der Waals surface area contributed by atoms with Crippen LogP contribution in [0.15, 0.2) is 66.7 Å². The first-order valence-electron chi connectivity index (χ1n) is 7.24. The van der Waals surface area contributed by atoms with Gasteiger partial charge in [-0.25, -0.2) is 0 Å². The summed E-state index contributed by atoms with van der Waals surface area (Å²) < 4.78 is 0. The summed E-state index contributed by atoms with van der Waals surface area (Å²) in [6.07, 6.45) is 2.78. The van der Waals surface area contributed by atoms with Gasteiger partial charge in [0.15, 0.2) is 5.78 Å². The van der Waals surface area contributed by atoms with Crippen LogP contribution in [0.2, 0.25) is 0 Å². The van der Waals surface area contributed by atoms with E-state index in [1.165, 1.54) is 24.3 Å². The maximum absolute atomic E-state index is 12.3. The number of carbonyl (C=O) groups is 1. The minimum atomic E-state index is -0.492. The summed E-state index contributed by atoms with van der Waals surface area (Å²) in [6.45, 7) is 0. The highest BCUT2D eigenvalue weighted by Crippen LogP contribution is 2.29. The molecule has 0 saturated carbocycles. The van der Waals surface area contributed by atoms with Gasteiger partial charge in [-0.1, -0.05) is 48.5 Å². The molecule has 3 aromatic carbocycles. The lowest BCUT2D eigenvalue weighted by molar-refractivity contribution is -0.384. The fourth-order valence-electron chi connectivity index (χ4n) is 2.46. The Balaban J connectivity index is 1.91. The number of allylic oxidation sites excluding steroid dienone is 1. The van der Waals surface area contributed by atoms with E-state index in [-0.39, 0.29) is 22.8 Å². The SMILES string of the molecule is O=C(C=Cc1cccc([N+](=O)[O-])c1)c1ccc2ccccc2c1O. The van der Waals surface area contributed by atoms with Gasteiger partial charge >= 0.3 is 0 Å². The lowest BCUT2D eigenvalue weighted by Crippen LogP contribution is -1.95. The molecule has 3 rings (SSSR count). The molecule has 1 N–H and O–H groups in total. The molecule has 0 amide bonds. The lowest BCUT2D eigenvalue weighted by atomic mass is 10.0. The number of nitro benzene ring substituents is 1. The number of phenols is 1. The van der Waals surface area contributed by atoms with E-state index in [0.29, 0.717) is 10.9 Å². The molecule has 118 valence electrons. The zero-order valence-electron chi connectivity index (χ0n) is 12.5. The van der Waals surface area contributed by atoms with E-state index in [9.17, 15) is 20.0 Å². The second-order valence-corrected chi connectivity index (χ2v) is 5.23. The predicted molar refractivity (Wildman–Crippen MR) is 92.1 cm³/mol. The maximum atomic E-state index is 12.3. The molecule has 0 aliphatic carbocycles. The van der Waals surface area contributed by atoms with Crippen molar-refractivity contribution >= 4 is 28.3 Å². The molecule has 0 radical (unpaired) electrons. The third kappa shape index (κ3) is 3.01. The molecular weight excluding hydrogens is 306 g/mol. The van der Waals surface area contributed by atoms with Gasteiger partial charge in [0, 0.05) is 17.5 Å². The van der Waals surface area contributed by atoms with E-state index in [0.717, 1.165) is 5.39 Å². The van der Waals surface area contributed by atoms with E-state index in [1.807, 2.05) is 12.1 Å². The average molecular weight is 319 g/mol. The van der Waals surface area contributed by atoms with Crippen molar-refractivity contribution in [1.29, 1.82) is 0 Å². The topological polar surface area (TPSA) is 80.4 Å². The number of nitro groups is 1. The summed E-state index contributed by atoms with van der Waals surface area (Å²) in [5, 5.41) is 22.5. The molecule has 0 bridgehead atoms. The Morgan fingerprint density at radius 1 is 1.04 bits per heavy atom. The molecule has 0 aliphatic heterocycles. The Labute approximate surface area is 137 Å². The Hall–Kier alpha value is -3.47. The first kappa shape index (κ1) is 15.4. The minimum absolute atomic E-state index is 0.0434. The maximum Gasteiger partial charge on any atom is 0.270 e. The van der Waals surface area contributed by atoms with E-state index in [4.69, 9.17) is 0 Å². The summed E-state index contributed by atoms with van der Waals surface area (Å²) in [5.74, 6) is -0.438. The van der Waals surface area contributed by atoms with Crippen molar-refractivity contribution in [3.8, 4) is 5.75 Å². The van der Waals surface area contributed by atoms with Crippen LogP contribution < -0.4 is 0 Å². The average Bonchev–Trinajstić information content (AvgIpc) is 2.60. The van der Waals surface area contributed by atoms with Crippen LogP contribution in [0.3, 0.4) is 0 Å². The number of benzene rings is 3. The van der Waals surface area contributed by atoms with Crippen molar-refractivity contribution in [2.75, 3.05) is 0 Å². The molecule has 0 spiro atoms. The Bertz CT molecular complexity index is 976. The molecule has 5 nitrogen and oxygen atoms in total. The molecule has 0 aromatic heterocycles. The highest BCUT2D eigenvalue weighted by molar-refractivity contribution is 6.11. The monoisotopic (exact) mass is 319 g/mol. The fourth-order valence-corrected chi connectivity index (χ4v) is 2.46. The first-order valence-corrected chi connectivity index (χ1v) is 7.24. The first-order chi connectivity index (χ1) is 11.6. The molecule has 0 atom stereocenters. The second kappa shape index (κ2) is 6.34. The third-order valence-corrected chi connectivity index (χ3v) is 3.67. The number of aromatic hydroxyl groups is 1. The van der Waals surface area contributed by atoms with Crippen LogP contribution in [0.1, 0.15) is 15.9 Å². The number of ketones is 1. The van der Waals surface area contributed by atoms with Crippen molar-refractivity contribution < 1.29 is 14.8 Å². The summed E-state index contributed by atoms with van der Waals surface area (Å²) in [7, 11) is 0. The Morgan fingerprint density at radius 3 is 2.62 bits per heavy atom. The fraction of sp³-hybridized carbons (Fsp3) is 0. The van der Waals surface area contributed by atoms with E-state index in [2.05, 4.69) is 0 Å². The summed E-state index contributed by atoms with van der Waals surface area (Å²) in [5.41, 5.74) is 0.686. The summed E-state index contributed by atoms with van der Waals surface area (Å²) in [6, 6.07) is 16.5. The zero-order chi connectivity index (χ0) is 17.1. The van der Waals surface area contributed by atoms with Gasteiger partial charge in [-0.05, 0) is 23.1 Å². The normalized spacial score (nSPS) is 11.0.